The van der Waals surface area contributed by atoms with Crippen molar-refractivity contribution in [2.75, 3.05) is 12.4 Å². The Bertz CT molecular complexity index is 920. The average Bonchev–Trinajstić information content (AvgIpc) is 2.67. The number of methoxy groups -OCH3 is 1. The van der Waals surface area contributed by atoms with Crippen LogP contribution in [0.2, 0.25) is 0 Å². The van der Waals surface area contributed by atoms with Gasteiger partial charge in [-0.2, -0.15) is 0 Å². The third kappa shape index (κ3) is 3.77. The minimum atomic E-state index is -1.02. The van der Waals surface area contributed by atoms with E-state index in [0.29, 0.717) is 22.3 Å². The van der Waals surface area contributed by atoms with Crippen LogP contribution in [-0.4, -0.2) is 23.2 Å². The standard InChI is InChI=1S/C21H22N2O3/c1-3-4-5-14-6-8-15(9-7-14)23-20-17-12-16(26-2)10-11-19(17)22-13-18(20)21(24)25/h6-13H,3-5H2,1-2H3,(H,22,23)(H,24,25). The Labute approximate surface area is 152 Å². The second-order valence-electron chi connectivity index (χ2n) is 6.16. The molecule has 0 amide bonds. The summed E-state index contributed by atoms with van der Waals surface area (Å²) in [4.78, 5) is 15.9. The highest BCUT2D eigenvalue weighted by molar-refractivity contribution is 6.05. The van der Waals surface area contributed by atoms with Crippen molar-refractivity contribution < 1.29 is 14.6 Å². The van der Waals surface area contributed by atoms with Crippen LogP contribution in [0.1, 0.15) is 35.7 Å². The largest absolute Gasteiger partial charge is 0.497 e. The van der Waals surface area contributed by atoms with Crippen molar-refractivity contribution in [3.05, 3.63) is 59.8 Å². The monoisotopic (exact) mass is 350 g/mol. The van der Waals surface area contributed by atoms with Gasteiger partial charge in [0.25, 0.3) is 0 Å². The fourth-order valence-corrected chi connectivity index (χ4v) is 2.88. The molecule has 2 N–H and O–H groups in total. The molecular formula is C21H22N2O3. The van der Waals surface area contributed by atoms with Gasteiger partial charge >= 0.3 is 5.97 Å². The first-order valence-corrected chi connectivity index (χ1v) is 8.68. The van der Waals surface area contributed by atoms with Gasteiger partial charge in [-0.05, 0) is 48.7 Å². The van der Waals surface area contributed by atoms with Crippen LogP contribution in [0, 0.1) is 0 Å². The molecule has 1 aromatic heterocycles. The number of nitrogens with zero attached hydrogens (tertiary/aromatic N) is 1. The van der Waals surface area contributed by atoms with Crippen LogP contribution in [0.25, 0.3) is 10.9 Å². The molecule has 0 aliphatic heterocycles. The van der Waals surface area contributed by atoms with Crippen molar-refractivity contribution >= 4 is 28.2 Å². The molecule has 5 nitrogen and oxygen atoms in total. The number of benzene rings is 2. The molecule has 2 aromatic carbocycles. The summed E-state index contributed by atoms with van der Waals surface area (Å²) in [5.41, 5.74) is 3.46. The Morgan fingerprint density at radius 1 is 1.19 bits per heavy atom. The van der Waals surface area contributed by atoms with E-state index in [9.17, 15) is 9.90 Å². The zero-order valence-electron chi connectivity index (χ0n) is 15.0. The minimum absolute atomic E-state index is 0.126. The number of anilines is 2. The number of rotatable bonds is 7. The van der Waals surface area contributed by atoms with Crippen LogP contribution in [-0.2, 0) is 6.42 Å². The fourth-order valence-electron chi connectivity index (χ4n) is 2.88. The fraction of sp³-hybridized carbons (Fsp3) is 0.238. The first-order chi connectivity index (χ1) is 12.6. The number of unbranched alkanes of at least 4 members (excludes halogenated alkanes) is 1. The number of nitrogens with one attached hydrogen (secondary N) is 1. The van der Waals surface area contributed by atoms with Crippen molar-refractivity contribution in [1.29, 1.82) is 0 Å². The molecule has 0 unspecified atom stereocenters. The number of fused-ring (bicyclic) bond motifs is 1. The van der Waals surface area contributed by atoms with Crippen LogP contribution in [0.4, 0.5) is 11.4 Å². The number of hydrogen-bond donors (Lipinski definition) is 2. The molecule has 0 aliphatic carbocycles. The Balaban J connectivity index is 2.01. The van der Waals surface area contributed by atoms with E-state index in [1.165, 1.54) is 11.8 Å². The molecule has 0 spiro atoms. The molecule has 3 rings (SSSR count). The highest BCUT2D eigenvalue weighted by Crippen LogP contribution is 2.31. The first-order valence-electron chi connectivity index (χ1n) is 8.68. The molecule has 3 aromatic rings. The molecule has 1 heterocycles. The summed E-state index contributed by atoms with van der Waals surface area (Å²) < 4.78 is 5.28. The van der Waals surface area contributed by atoms with E-state index in [1.807, 2.05) is 24.3 Å². The molecule has 0 bridgehead atoms. The summed E-state index contributed by atoms with van der Waals surface area (Å²) in [7, 11) is 1.58. The molecule has 0 aliphatic rings. The highest BCUT2D eigenvalue weighted by atomic mass is 16.5. The summed E-state index contributed by atoms with van der Waals surface area (Å²) in [5.74, 6) is -0.371. The number of pyridine rings is 1. The lowest BCUT2D eigenvalue weighted by Gasteiger charge is -2.14. The van der Waals surface area contributed by atoms with Crippen LogP contribution in [0.5, 0.6) is 5.75 Å². The van der Waals surface area contributed by atoms with E-state index >= 15 is 0 Å². The molecule has 0 radical (unpaired) electrons. The molecule has 26 heavy (non-hydrogen) atoms. The predicted molar refractivity (Wildman–Crippen MR) is 104 cm³/mol. The van der Waals surface area contributed by atoms with Crippen molar-refractivity contribution in [3.63, 3.8) is 0 Å². The number of aromatic nitrogens is 1. The zero-order valence-corrected chi connectivity index (χ0v) is 15.0. The molecular weight excluding hydrogens is 328 g/mol. The summed E-state index contributed by atoms with van der Waals surface area (Å²) in [6, 6.07) is 13.5. The lowest BCUT2D eigenvalue weighted by atomic mass is 10.1. The van der Waals surface area contributed by atoms with Gasteiger partial charge in [0.2, 0.25) is 0 Å². The van der Waals surface area contributed by atoms with E-state index in [4.69, 9.17) is 4.74 Å². The zero-order chi connectivity index (χ0) is 18.5. The van der Waals surface area contributed by atoms with Crippen LogP contribution >= 0.6 is 0 Å². The number of aromatic carboxylic acids is 1. The Morgan fingerprint density at radius 2 is 1.96 bits per heavy atom. The minimum Gasteiger partial charge on any atom is -0.497 e. The quantitative estimate of drug-likeness (QED) is 0.625. The van der Waals surface area contributed by atoms with Gasteiger partial charge in [0.15, 0.2) is 0 Å². The van der Waals surface area contributed by atoms with E-state index in [-0.39, 0.29) is 5.56 Å². The van der Waals surface area contributed by atoms with Crippen molar-refractivity contribution in [1.82, 2.24) is 4.98 Å². The maximum Gasteiger partial charge on any atom is 0.339 e. The third-order valence-electron chi connectivity index (χ3n) is 4.35. The van der Waals surface area contributed by atoms with Crippen molar-refractivity contribution in [2.24, 2.45) is 0 Å². The number of ether oxygens (including phenoxy) is 1. The number of carboxylic acid groups (broad SMARTS) is 1. The van der Waals surface area contributed by atoms with Gasteiger partial charge in [0.1, 0.15) is 11.3 Å². The SMILES string of the molecule is CCCCc1ccc(Nc2c(C(=O)O)cnc3ccc(OC)cc23)cc1. The van der Waals surface area contributed by atoms with Gasteiger partial charge < -0.3 is 15.2 Å². The lowest BCUT2D eigenvalue weighted by Crippen LogP contribution is -2.05. The Hall–Kier alpha value is -3.08. The lowest BCUT2D eigenvalue weighted by molar-refractivity contribution is 0.0697. The molecule has 134 valence electrons. The predicted octanol–water partition coefficient (Wildman–Crippen LogP) is 5.03. The summed E-state index contributed by atoms with van der Waals surface area (Å²) in [6.45, 7) is 2.17. The van der Waals surface area contributed by atoms with Gasteiger partial charge in [-0.15, -0.1) is 0 Å². The number of carbonyl (C=O) groups is 1. The van der Waals surface area contributed by atoms with E-state index < -0.39 is 5.97 Å². The molecule has 5 heteroatoms. The van der Waals surface area contributed by atoms with Gasteiger partial charge in [-0.25, -0.2) is 4.79 Å². The van der Waals surface area contributed by atoms with E-state index in [0.717, 1.165) is 24.9 Å². The van der Waals surface area contributed by atoms with Gasteiger partial charge in [0, 0.05) is 17.3 Å². The average molecular weight is 350 g/mol. The second-order valence-corrected chi connectivity index (χ2v) is 6.16. The van der Waals surface area contributed by atoms with Gasteiger partial charge in [-0.1, -0.05) is 25.5 Å². The van der Waals surface area contributed by atoms with Crippen molar-refractivity contribution in [3.8, 4) is 5.75 Å². The third-order valence-corrected chi connectivity index (χ3v) is 4.35. The summed E-state index contributed by atoms with van der Waals surface area (Å²) >= 11 is 0. The van der Waals surface area contributed by atoms with E-state index in [2.05, 4.69) is 29.4 Å². The molecule has 0 saturated heterocycles. The normalized spacial score (nSPS) is 10.7. The van der Waals surface area contributed by atoms with Crippen LogP contribution < -0.4 is 10.1 Å². The van der Waals surface area contributed by atoms with Crippen LogP contribution in [0.3, 0.4) is 0 Å². The number of aryl methyl sites for hydroxylation is 1. The first kappa shape index (κ1) is 17.7. The summed E-state index contributed by atoms with van der Waals surface area (Å²) in [6.07, 6.45) is 4.75. The molecule has 0 saturated carbocycles. The Morgan fingerprint density at radius 3 is 2.62 bits per heavy atom. The Kier molecular flexibility index (Phi) is 5.37. The highest BCUT2D eigenvalue weighted by Gasteiger charge is 2.15. The van der Waals surface area contributed by atoms with Crippen LogP contribution in [0.15, 0.2) is 48.7 Å². The topological polar surface area (TPSA) is 71.5 Å². The number of carboxylic acids is 1. The van der Waals surface area contributed by atoms with Gasteiger partial charge in [-0.3, -0.25) is 4.98 Å². The molecule has 0 fully saturated rings. The smallest absolute Gasteiger partial charge is 0.339 e. The second kappa shape index (κ2) is 7.87. The summed E-state index contributed by atoms with van der Waals surface area (Å²) in [5, 5.41) is 13.5. The van der Waals surface area contributed by atoms with Gasteiger partial charge in [0.05, 0.1) is 18.3 Å². The maximum atomic E-state index is 11.7. The molecule has 0 atom stereocenters. The van der Waals surface area contributed by atoms with Crippen molar-refractivity contribution in [2.45, 2.75) is 26.2 Å². The maximum absolute atomic E-state index is 11.7. The van der Waals surface area contributed by atoms with E-state index in [1.54, 1.807) is 13.2 Å². The number of hydrogen-bond acceptors (Lipinski definition) is 4.